The Labute approximate surface area is 133 Å². The fourth-order valence-corrected chi connectivity index (χ4v) is 2.27. The van der Waals surface area contributed by atoms with Gasteiger partial charge in [0, 0.05) is 24.7 Å². The first-order valence-electron chi connectivity index (χ1n) is 7.54. The van der Waals surface area contributed by atoms with Gasteiger partial charge in [0.1, 0.15) is 11.6 Å². The number of amides is 1. The fraction of sp³-hybridized carbons (Fsp3) is 0.312. The summed E-state index contributed by atoms with van der Waals surface area (Å²) in [6, 6.07) is 6.34. The highest BCUT2D eigenvalue weighted by molar-refractivity contribution is 5.74. The number of aromatic nitrogens is 2. The molecule has 23 heavy (non-hydrogen) atoms. The summed E-state index contributed by atoms with van der Waals surface area (Å²) >= 11 is 0. The minimum Gasteiger partial charge on any atom is -0.370 e. The van der Waals surface area contributed by atoms with Gasteiger partial charge in [-0.1, -0.05) is 12.1 Å². The number of nitrogens with zero attached hydrogens (tertiary/aromatic N) is 2. The van der Waals surface area contributed by atoms with E-state index in [9.17, 15) is 9.18 Å². The van der Waals surface area contributed by atoms with Crippen molar-refractivity contribution in [3.63, 3.8) is 0 Å². The number of hydrogen-bond donors (Lipinski definition) is 3. The van der Waals surface area contributed by atoms with Crippen LogP contribution in [0.25, 0.3) is 0 Å². The number of nitrogens with one attached hydrogen (secondary N) is 2. The van der Waals surface area contributed by atoms with Gasteiger partial charge in [-0.25, -0.2) is 9.37 Å². The summed E-state index contributed by atoms with van der Waals surface area (Å²) in [4.78, 5) is 19.5. The van der Waals surface area contributed by atoms with Gasteiger partial charge in [-0.2, -0.15) is 4.98 Å². The van der Waals surface area contributed by atoms with Gasteiger partial charge >= 0.3 is 0 Å². The SMILES string of the molecule is NC(=O)CCNc1nc(Nc2ccccc2F)ncc1C1CC1. The Morgan fingerprint density at radius 2 is 2.13 bits per heavy atom. The van der Waals surface area contributed by atoms with Crippen LogP contribution in [0, 0.1) is 5.82 Å². The van der Waals surface area contributed by atoms with Crippen LogP contribution in [-0.4, -0.2) is 22.4 Å². The number of halogens is 1. The third-order valence-electron chi connectivity index (χ3n) is 3.62. The smallest absolute Gasteiger partial charge is 0.229 e. The Bertz CT molecular complexity index is 717. The molecule has 0 unspecified atom stereocenters. The molecule has 1 saturated carbocycles. The van der Waals surface area contributed by atoms with Crippen molar-refractivity contribution in [1.29, 1.82) is 0 Å². The predicted octanol–water partition coefficient (Wildman–Crippen LogP) is 2.52. The van der Waals surface area contributed by atoms with Crippen LogP contribution in [0.15, 0.2) is 30.5 Å². The van der Waals surface area contributed by atoms with Gasteiger partial charge in [0.25, 0.3) is 0 Å². The molecule has 0 spiro atoms. The predicted molar refractivity (Wildman–Crippen MR) is 86.0 cm³/mol. The van der Waals surface area contributed by atoms with E-state index in [1.165, 1.54) is 6.07 Å². The third kappa shape index (κ3) is 3.94. The maximum absolute atomic E-state index is 13.7. The Morgan fingerprint density at radius 1 is 1.35 bits per heavy atom. The molecule has 0 saturated heterocycles. The quantitative estimate of drug-likeness (QED) is 0.730. The molecular formula is C16H18FN5O. The molecule has 0 atom stereocenters. The van der Waals surface area contributed by atoms with Crippen molar-refractivity contribution < 1.29 is 9.18 Å². The van der Waals surface area contributed by atoms with Crippen molar-refractivity contribution in [2.75, 3.05) is 17.2 Å². The number of hydrogen-bond acceptors (Lipinski definition) is 5. The van der Waals surface area contributed by atoms with Gasteiger partial charge in [-0.15, -0.1) is 0 Å². The summed E-state index contributed by atoms with van der Waals surface area (Å²) in [5, 5.41) is 5.99. The number of anilines is 3. The number of para-hydroxylation sites is 1. The summed E-state index contributed by atoms with van der Waals surface area (Å²) in [6.45, 7) is 0.408. The largest absolute Gasteiger partial charge is 0.370 e. The van der Waals surface area contributed by atoms with Gasteiger partial charge < -0.3 is 16.4 Å². The number of rotatable bonds is 7. The highest BCUT2D eigenvalue weighted by atomic mass is 19.1. The summed E-state index contributed by atoms with van der Waals surface area (Å²) in [6.07, 6.45) is 4.19. The maximum Gasteiger partial charge on any atom is 0.229 e. The minimum atomic E-state index is -0.371. The summed E-state index contributed by atoms with van der Waals surface area (Å²) in [5.41, 5.74) is 6.49. The Balaban J connectivity index is 1.78. The van der Waals surface area contributed by atoms with Crippen molar-refractivity contribution in [1.82, 2.24) is 9.97 Å². The zero-order valence-corrected chi connectivity index (χ0v) is 12.6. The van der Waals surface area contributed by atoms with Crippen LogP contribution in [0.3, 0.4) is 0 Å². The zero-order valence-electron chi connectivity index (χ0n) is 12.6. The van der Waals surface area contributed by atoms with E-state index in [4.69, 9.17) is 5.73 Å². The summed E-state index contributed by atoms with van der Waals surface area (Å²) < 4.78 is 13.7. The molecule has 3 rings (SSSR count). The normalized spacial score (nSPS) is 13.6. The molecular weight excluding hydrogens is 297 g/mol. The molecule has 120 valence electrons. The number of benzene rings is 1. The van der Waals surface area contributed by atoms with Crippen LogP contribution in [0.2, 0.25) is 0 Å². The molecule has 1 aromatic carbocycles. The Kier molecular flexibility index (Phi) is 4.36. The highest BCUT2D eigenvalue weighted by Gasteiger charge is 2.27. The van der Waals surface area contributed by atoms with E-state index in [1.54, 1.807) is 24.4 Å². The Morgan fingerprint density at radius 3 is 2.83 bits per heavy atom. The van der Waals surface area contributed by atoms with E-state index < -0.39 is 0 Å². The maximum atomic E-state index is 13.7. The van der Waals surface area contributed by atoms with Crippen molar-refractivity contribution >= 4 is 23.4 Å². The molecule has 1 fully saturated rings. The molecule has 0 aliphatic heterocycles. The van der Waals surface area contributed by atoms with Gasteiger partial charge in [0.2, 0.25) is 11.9 Å². The van der Waals surface area contributed by atoms with Gasteiger partial charge in [0.05, 0.1) is 5.69 Å². The van der Waals surface area contributed by atoms with Crippen LogP contribution >= 0.6 is 0 Å². The monoisotopic (exact) mass is 315 g/mol. The van der Waals surface area contributed by atoms with Crippen LogP contribution in [0.4, 0.5) is 21.8 Å². The summed E-state index contributed by atoms with van der Waals surface area (Å²) in [5.74, 6) is 0.687. The lowest BCUT2D eigenvalue weighted by atomic mass is 10.2. The molecule has 4 N–H and O–H groups in total. The van der Waals surface area contributed by atoms with Crippen molar-refractivity contribution in [2.24, 2.45) is 5.73 Å². The molecule has 2 aromatic rings. The lowest BCUT2D eigenvalue weighted by Gasteiger charge is -2.12. The second-order valence-corrected chi connectivity index (χ2v) is 5.52. The van der Waals surface area contributed by atoms with Crippen LogP contribution in [0.1, 0.15) is 30.7 Å². The minimum absolute atomic E-state index is 0.226. The zero-order chi connectivity index (χ0) is 16.2. The molecule has 1 aromatic heterocycles. The first-order chi connectivity index (χ1) is 11.1. The first kappa shape index (κ1) is 15.2. The number of nitrogens with two attached hydrogens (primary N) is 1. The average molecular weight is 315 g/mol. The summed E-state index contributed by atoms with van der Waals surface area (Å²) in [7, 11) is 0. The van der Waals surface area contributed by atoms with E-state index in [2.05, 4.69) is 20.6 Å². The van der Waals surface area contributed by atoms with Crippen molar-refractivity contribution in [2.45, 2.75) is 25.2 Å². The van der Waals surface area contributed by atoms with Crippen molar-refractivity contribution in [3.05, 3.63) is 41.8 Å². The first-order valence-corrected chi connectivity index (χ1v) is 7.54. The molecule has 1 aliphatic rings. The molecule has 7 heteroatoms. The second kappa shape index (κ2) is 6.60. The molecule has 0 radical (unpaired) electrons. The van der Waals surface area contributed by atoms with Crippen LogP contribution < -0.4 is 16.4 Å². The highest BCUT2D eigenvalue weighted by Crippen LogP contribution is 2.42. The van der Waals surface area contributed by atoms with E-state index >= 15 is 0 Å². The van der Waals surface area contributed by atoms with Gasteiger partial charge in [-0.05, 0) is 30.9 Å². The van der Waals surface area contributed by atoms with Gasteiger partial charge in [-0.3, -0.25) is 4.79 Å². The van der Waals surface area contributed by atoms with Crippen LogP contribution in [-0.2, 0) is 4.79 Å². The second-order valence-electron chi connectivity index (χ2n) is 5.52. The van der Waals surface area contributed by atoms with E-state index in [0.717, 1.165) is 18.4 Å². The lowest BCUT2D eigenvalue weighted by Crippen LogP contribution is -2.17. The van der Waals surface area contributed by atoms with E-state index in [1.807, 2.05) is 0 Å². The molecule has 1 amide bonds. The third-order valence-corrected chi connectivity index (χ3v) is 3.62. The van der Waals surface area contributed by atoms with E-state index in [-0.39, 0.29) is 18.1 Å². The van der Waals surface area contributed by atoms with E-state index in [0.29, 0.717) is 29.9 Å². The Hall–Kier alpha value is -2.70. The molecule has 6 nitrogen and oxygen atoms in total. The van der Waals surface area contributed by atoms with Crippen molar-refractivity contribution in [3.8, 4) is 0 Å². The lowest BCUT2D eigenvalue weighted by molar-refractivity contribution is -0.117. The molecule has 0 bridgehead atoms. The fourth-order valence-electron chi connectivity index (χ4n) is 2.27. The number of carbonyl (C=O) groups excluding carboxylic acids is 1. The molecule has 1 aliphatic carbocycles. The molecule has 1 heterocycles. The van der Waals surface area contributed by atoms with Crippen LogP contribution in [0.5, 0.6) is 0 Å². The number of carbonyl (C=O) groups is 1. The standard InChI is InChI=1S/C16H18FN5O/c17-12-3-1-2-4-13(12)21-16-20-9-11(10-5-6-10)15(22-16)19-8-7-14(18)23/h1-4,9-10H,5-8H2,(H2,18,23)(H2,19,20,21,22). The van der Waals surface area contributed by atoms with Gasteiger partial charge in [0.15, 0.2) is 0 Å². The topological polar surface area (TPSA) is 92.9 Å². The number of primary amides is 1. The average Bonchev–Trinajstić information content (AvgIpc) is 3.34.